The van der Waals surface area contributed by atoms with Gasteiger partial charge in [-0.25, -0.2) is 4.98 Å². The van der Waals surface area contributed by atoms with Crippen molar-refractivity contribution in [2.75, 3.05) is 19.7 Å². The summed E-state index contributed by atoms with van der Waals surface area (Å²) in [6, 6.07) is 6.52. The molecule has 1 atom stereocenters. The predicted octanol–water partition coefficient (Wildman–Crippen LogP) is 3.43. The van der Waals surface area contributed by atoms with Crippen LogP contribution in [0.1, 0.15) is 36.1 Å². The van der Waals surface area contributed by atoms with Crippen molar-refractivity contribution in [3.05, 3.63) is 45.9 Å². The molecule has 3 heterocycles. The molecule has 2 aromatic rings. The number of thiazole rings is 1. The zero-order chi connectivity index (χ0) is 15.9. The van der Waals surface area contributed by atoms with Crippen LogP contribution >= 0.6 is 11.3 Å². The second-order valence-electron chi connectivity index (χ2n) is 6.91. The molecule has 1 aromatic heterocycles. The smallest absolute Gasteiger partial charge is 0.127 e. The lowest BCUT2D eigenvalue weighted by molar-refractivity contribution is -0.0333. The Morgan fingerprint density at radius 2 is 2.30 bits per heavy atom. The summed E-state index contributed by atoms with van der Waals surface area (Å²) in [4.78, 5) is 6.84. The fourth-order valence-corrected chi connectivity index (χ4v) is 4.11. The van der Waals surface area contributed by atoms with Crippen LogP contribution in [-0.2, 0) is 17.7 Å². The molecule has 1 fully saturated rings. The second kappa shape index (κ2) is 5.89. The predicted molar refractivity (Wildman–Crippen MR) is 90.9 cm³/mol. The van der Waals surface area contributed by atoms with E-state index in [1.165, 1.54) is 11.1 Å². The normalized spacial score (nSPS) is 23.5. The molecule has 4 rings (SSSR count). The first-order valence-electron chi connectivity index (χ1n) is 8.14. The number of hydrogen-bond donors (Lipinski definition) is 0. The van der Waals surface area contributed by atoms with Crippen LogP contribution in [0, 0.1) is 0 Å². The van der Waals surface area contributed by atoms with E-state index in [1.54, 1.807) is 11.3 Å². The van der Waals surface area contributed by atoms with Gasteiger partial charge in [-0.05, 0) is 19.4 Å². The maximum Gasteiger partial charge on any atom is 0.127 e. The highest BCUT2D eigenvalue weighted by molar-refractivity contribution is 7.09. The van der Waals surface area contributed by atoms with E-state index in [4.69, 9.17) is 9.47 Å². The van der Waals surface area contributed by atoms with Gasteiger partial charge in [0, 0.05) is 43.2 Å². The van der Waals surface area contributed by atoms with E-state index in [0.29, 0.717) is 0 Å². The molecule has 5 heteroatoms. The summed E-state index contributed by atoms with van der Waals surface area (Å²) in [7, 11) is 0. The number of para-hydroxylation sites is 1. The molecule has 0 N–H and O–H groups in total. The molecule has 2 aliphatic heterocycles. The zero-order valence-corrected chi connectivity index (χ0v) is 14.4. The van der Waals surface area contributed by atoms with Gasteiger partial charge in [0.2, 0.25) is 0 Å². The van der Waals surface area contributed by atoms with Crippen LogP contribution in [-0.4, -0.2) is 35.2 Å². The van der Waals surface area contributed by atoms with Gasteiger partial charge in [-0.1, -0.05) is 18.2 Å². The Hall–Kier alpha value is -1.43. The van der Waals surface area contributed by atoms with Crippen LogP contribution in [0.4, 0.5) is 0 Å². The topological polar surface area (TPSA) is 34.6 Å². The van der Waals surface area contributed by atoms with E-state index in [1.807, 2.05) is 11.6 Å². The molecule has 0 amide bonds. The van der Waals surface area contributed by atoms with Crippen LogP contribution in [0.5, 0.6) is 5.75 Å². The fraction of sp³-hybridized carbons (Fsp3) is 0.500. The molecule has 23 heavy (non-hydrogen) atoms. The van der Waals surface area contributed by atoms with E-state index >= 15 is 0 Å². The van der Waals surface area contributed by atoms with E-state index in [-0.39, 0.29) is 11.7 Å². The molecular formula is C18H22N2O2S. The quantitative estimate of drug-likeness (QED) is 0.863. The van der Waals surface area contributed by atoms with E-state index in [0.717, 1.165) is 43.4 Å². The first-order chi connectivity index (χ1) is 11.1. The van der Waals surface area contributed by atoms with Gasteiger partial charge in [0.05, 0.1) is 6.61 Å². The fourth-order valence-electron chi connectivity index (χ4n) is 3.43. The standard InChI is InChI=1S/C18H22N2O2S/c1-18(2)10-13-4-3-5-14(16(13)22-18)11-20-7-8-21-15(12-20)17-19-6-9-23-17/h3-6,9,15H,7-8,10-12H2,1-2H3/t15-/m0/s1. The highest BCUT2D eigenvalue weighted by Gasteiger charge is 2.32. The minimum absolute atomic E-state index is 0.0904. The van der Waals surface area contributed by atoms with E-state index in [9.17, 15) is 0 Å². The lowest BCUT2D eigenvalue weighted by atomic mass is 10.0. The van der Waals surface area contributed by atoms with Crippen LogP contribution in [0.15, 0.2) is 29.8 Å². The van der Waals surface area contributed by atoms with Crippen molar-refractivity contribution in [1.29, 1.82) is 0 Å². The lowest BCUT2D eigenvalue weighted by Crippen LogP contribution is -2.37. The Kier molecular flexibility index (Phi) is 3.87. The monoisotopic (exact) mass is 330 g/mol. The van der Waals surface area contributed by atoms with Gasteiger partial charge >= 0.3 is 0 Å². The van der Waals surface area contributed by atoms with Gasteiger partial charge in [-0.3, -0.25) is 4.90 Å². The number of benzene rings is 1. The molecule has 0 saturated carbocycles. The number of nitrogens with zero attached hydrogens (tertiary/aromatic N) is 2. The van der Waals surface area contributed by atoms with Crippen LogP contribution < -0.4 is 4.74 Å². The van der Waals surface area contributed by atoms with Crippen LogP contribution in [0.25, 0.3) is 0 Å². The minimum atomic E-state index is -0.0904. The van der Waals surface area contributed by atoms with Crippen molar-refractivity contribution in [2.24, 2.45) is 0 Å². The highest BCUT2D eigenvalue weighted by atomic mass is 32.1. The summed E-state index contributed by atoms with van der Waals surface area (Å²) < 4.78 is 12.1. The SMILES string of the molecule is CC1(C)Cc2cccc(CN3CCO[C@H](c4nccs4)C3)c2O1. The van der Waals surface area contributed by atoms with Gasteiger partial charge in [0.25, 0.3) is 0 Å². The average molecular weight is 330 g/mol. The molecule has 2 aliphatic rings. The van der Waals surface area contributed by atoms with Crippen LogP contribution in [0.3, 0.4) is 0 Å². The second-order valence-corrected chi connectivity index (χ2v) is 7.83. The van der Waals surface area contributed by atoms with Gasteiger partial charge in [-0.2, -0.15) is 0 Å². The third-order valence-electron chi connectivity index (χ3n) is 4.44. The molecule has 0 unspecified atom stereocenters. The third kappa shape index (κ3) is 3.13. The van der Waals surface area contributed by atoms with Crippen molar-refractivity contribution in [3.63, 3.8) is 0 Å². The van der Waals surface area contributed by atoms with Crippen molar-refractivity contribution in [1.82, 2.24) is 9.88 Å². The van der Waals surface area contributed by atoms with Crippen LogP contribution in [0.2, 0.25) is 0 Å². The van der Waals surface area contributed by atoms with Crippen molar-refractivity contribution in [3.8, 4) is 5.75 Å². The van der Waals surface area contributed by atoms with Crippen molar-refractivity contribution < 1.29 is 9.47 Å². The number of morpholine rings is 1. The Labute approximate surface area is 141 Å². The maximum atomic E-state index is 6.20. The number of rotatable bonds is 3. The first-order valence-corrected chi connectivity index (χ1v) is 9.02. The number of ether oxygens (including phenoxy) is 2. The van der Waals surface area contributed by atoms with E-state index in [2.05, 4.69) is 41.9 Å². The maximum absolute atomic E-state index is 6.20. The van der Waals surface area contributed by atoms with Gasteiger partial charge in [0.15, 0.2) is 0 Å². The molecule has 1 saturated heterocycles. The number of fused-ring (bicyclic) bond motifs is 1. The van der Waals surface area contributed by atoms with E-state index < -0.39 is 0 Å². The molecule has 1 aromatic carbocycles. The molecule has 0 aliphatic carbocycles. The molecule has 0 bridgehead atoms. The Balaban J connectivity index is 1.50. The molecule has 0 spiro atoms. The van der Waals surface area contributed by atoms with Crippen molar-refractivity contribution in [2.45, 2.75) is 38.5 Å². The summed E-state index contributed by atoms with van der Waals surface area (Å²) in [5.74, 6) is 1.09. The summed E-state index contributed by atoms with van der Waals surface area (Å²) in [5.41, 5.74) is 2.53. The molecule has 0 radical (unpaired) electrons. The zero-order valence-electron chi connectivity index (χ0n) is 13.6. The number of aromatic nitrogens is 1. The Morgan fingerprint density at radius 1 is 1.39 bits per heavy atom. The molecule has 122 valence electrons. The Bertz CT molecular complexity index is 684. The van der Waals surface area contributed by atoms with Crippen molar-refractivity contribution >= 4 is 11.3 Å². The largest absolute Gasteiger partial charge is 0.487 e. The first kappa shape index (κ1) is 15.1. The summed E-state index contributed by atoms with van der Waals surface area (Å²) >= 11 is 1.67. The third-order valence-corrected chi connectivity index (χ3v) is 5.31. The van der Waals surface area contributed by atoms with Gasteiger partial charge < -0.3 is 9.47 Å². The molecular weight excluding hydrogens is 308 g/mol. The average Bonchev–Trinajstić information content (AvgIpc) is 3.14. The number of hydrogen-bond acceptors (Lipinski definition) is 5. The van der Waals surface area contributed by atoms with Gasteiger partial charge in [-0.15, -0.1) is 11.3 Å². The van der Waals surface area contributed by atoms with Gasteiger partial charge in [0.1, 0.15) is 22.5 Å². The summed E-state index contributed by atoms with van der Waals surface area (Å²) in [6.45, 7) is 7.82. The Morgan fingerprint density at radius 3 is 3.13 bits per heavy atom. The molecule has 4 nitrogen and oxygen atoms in total. The minimum Gasteiger partial charge on any atom is -0.487 e. The summed E-state index contributed by atoms with van der Waals surface area (Å²) in [6.07, 6.45) is 2.93. The lowest BCUT2D eigenvalue weighted by Gasteiger charge is -2.32. The summed E-state index contributed by atoms with van der Waals surface area (Å²) in [5, 5.41) is 3.09. The highest BCUT2D eigenvalue weighted by Crippen LogP contribution is 2.38.